The fourth-order valence-electron chi connectivity index (χ4n) is 7.84. The van der Waals surface area contributed by atoms with Crippen molar-refractivity contribution in [3.05, 3.63) is 140 Å². The molecule has 11 rings (SSSR count). The van der Waals surface area contributed by atoms with Crippen molar-refractivity contribution in [1.29, 1.82) is 0 Å². The van der Waals surface area contributed by atoms with Gasteiger partial charge >= 0.3 is 0 Å². The van der Waals surface area contributed by atoms with E-state index in [-0.39, 0.29) is 0 Å². The van der Waals surface area contributed by atoms with Crippen molar-refractivity contribution in [3.8, 4) is 11.1 Å². The average Bonchev–Trinajstić information content (AvgIpc) is 3.72. The summed E-state index contributed by atoms with van der Waals surface area (Å²) in [6.45, 7) is 0. The van der Waals surface area contributed by atoms with Gasteiger partial charge in [0.1, 0.15) is 0 Å². The van der Waals surface area contributed by atoms with Crippen LogP contribution in [0.1, 0.15) is 0 Å². The van der Waals surface area contributed by atoms with E-state index in [0.29, 0.717) is 0 Å². The van der Waals surface area contributed by atoms with Crippen molar-refractivity contribution in [3.63, 3.8) is 0 Å². The van der Waals surface area contributed by atoms with Gasteiger partial charge in [0.15, 0.2) is 0 Å². The quantitative estimate of drug-likeness (QED) is 0.184. The lowest BCUT2D eigenvalue weighted by Gasteiger charge is -2.12. The molecule has 0 saturated carbocycles. The number of aromatic nitrogens is 3. The summed E-state index contributed by atoms with van der Waals surface area (Å²) in [5, 5.41) is 12.8. The van der Waals surface area contributed by atoms with Crippen LogP contribution in [-0.4, -0.2) is 13.8 Å². The van der Waals surface area contributed by atoms with Crippen molar-refractivity contribution in [2.75, 3.05) is 0 Å². The highest BCUT2D eigenvalue weighted by Gasteiger charge is 2.22. The molecule has 0 bridgehead atoms. The predicted octanol–water partition coefficient (Wildman–Crippen LogP) is 10.8. The van der Waals surface area contributed by atoms with Crippen LogP contribution in [0.25, 0.3) is 98.4 Å². The molecule has 0 spiro atoms. The van der Waals surface area contributed by atoms with Crippen LogP contribution in [0.4, 0.5) is 0 Å². The molecule has 0 fully saturated rings. The van der Waals surface area contributed by atoms with Crippen molar-refractivity contribution < 1.29 is 0 Å². The van der Waals surface area contributed by atoms with Gasteiger partial charge in [-0.1, -0.05) is 97.1 Å². The lowest BCUT2D eigenvalue weighted by Crippen LogP contribution is -1.87. The summed E-state index contributed by atoms with van der Waals surface area (Å²) in [6.07, 6.45) is 0. The van der Waals surface area contributed by atoms with E-state index >= 15 is 0 Å². The Labute approximate surface area is 251 Å². The third-order valence-electron chi connectivity index (χ3n) is 9.77. The molecule has 0 radical (unpaired) electrons. The number of rotatable bonds is 1. The third-order valence-corrected chi connectivity index (χ3v) is 9.77. The molecule has 0 N–H and O–H groups in total. The molecule has 8 aromatic carbocycles. The van der Waals surface area contributed by atoms with Gasteiger partial charge in [0, 0.05) is 10.8 Å². The largest absolute Gasteiger partial charge is 0.277 e. The van der Waals surface area contributed by atoms with Gasteiger partial charge in [0.2, 0.25) is 5.78 Å². The SMILES string of the molecule is c1ccc2cc3c(cc2c1)c1cc(-c2ccc4c5ccccc5c5ccccc5c4c2)cc2c1n3c1nc3ccccc3n21. The molecule has 0 aliphatic heterocycles. The summed E-state index contributed by atoms with van der Waals surface area (Å²) >= 11 is 0. The van der Waals surface area contributed by atoms with Crippen molar-refractivity contribution in [1.82, 2.24) is 13.8 Å². The molecule has 3 nitrogen and oxygen atoms in total. The normalized spacial score (nSPS) is 12.5. The minimum Gasteiger partial charge on any atom is -0.277 e. The number of hydrogen-bond donors (Lipinski definition) is 0. The Morgan fingerprint density at radius 3 is 1.75 bits per heavy atom. The Morgan fingerprint density at radius 2 is 0.977 bits per heavy atom. The van der Waals surface area contributed by atoms with E-state index < -0.39 is 0 Å². The van der Waals surface area contributed by atoms with E-state index in [1.54, 1.807) is 0 Å². The second-order valence-electron chi connectivity index (χ2n) is 12.0. The van der Waals surface area contributed by atoms with Gasteiger partial charge in [0.05, 0.1) is 27.6 Å². The number of imidazole rings is 2. The molecule has 44 heavy (non-hydrogen) atoms. The summed E-state index contributed by atoms with van der Waals surface area (Å²) < 4.78 is 4.72. The lowest BCUT2D eigenvalue weighted by molar-refractivity contribution is 1.22. The van der Waals surface area contributed by atoms with Crippen LogP contribution in [0.5, 0.6) is 0 Å². The maximum absolute atomic E-state index is 5.17. The van der Waals surface area contributed by atoms with Gasteiger partial charge in [-0.15, -0.1) is 0 Å². The summed E-state index contributed by atoms with van der Waals surface area (Å²) in [5.41, 5.74) is 8.18. The van der Waals surface area contributed by atoms with Gasteiger partial charge < -0.3 is 0 Å². The molecule has 0 atom stereocenters. The summed E-state index contributed by atoms with van der Waals surface area (Å²) in [6, 6.07) is 51.2. The third kappa shape index (κ3) is 2.75. The molecule has 202 valence electrons. The smallest absolute Gasteiger partial charge is 0.220 e. The number of hydrogen-bond acceptors (Lipinski definition) is 1. The lowest BCUT2D eigenvalue weighted by atomic mass is 9.92. The molecule has 3 heteroatoms. The highest BCUT2D eigenvalue weighted by molar-refractivity contribution is 6.26. The second-order valence-corrected chi connectivity index (χ2v) is 12.0. The summed E-state index contributed by atoms with van der Waals surface area (Å²) in [7, 11) is 0. The zero-order chi connectivity index (χ0) is 28.5. The van der Waals surface area contributed by atoms with Gasteiger partial charge in [0.25, 0.3) is 0 Å². The molecule has 0 amide bonds. The standard InChI is InChI=1S/C41H23N3/c1-2-10-25-22-38-34(20-24(25)9-1)35-21-27(23-39-40(35)44(38)41-42-36-15-7-8-16-37(36)43(39)41)26-17-18-32-30-13-4-3-11-28(30)29-12-5-6-14-31(29)33(32)19-26/h1-23H. The number of para-hydroxylation sites is 2. The maximum Gasteiger partial charge on any atom is 0.220 e. The maximum atomic E-state index is 5.17. The first-order valence-corrected chi connectivity index (χ1v) is 15.1. The topological polar surface area (TPSA) is 21.7 Å². The number of benzene rings is 8. The molecule has 3 heterocycles. The van der Waals surface area contributed by atoms with E-state index in [0.717, 1.165) is 16.8 Å². The van der Waals surface area contributed by atoms with Crippen LogP contribution in [0.2, 0.25) is 0 Å². The molecule has 3 aromatic heterocycles. The monoisotopic (exact) mass is 557 g/mol. The zero-order valence-corrected chi connectivity index (χ0v) is 23.6. The Bertz CT molecular complexity index is 2960. The van der Waals surface area contributed by atoms with Gasteiger partial charge in [-0.2, -0.15) is 0 Å². The molecular formula is C41H23N3. The van der Waals surface area contributed by atoms with E-state index in [9.17, 15) is 0 Å². The van der Waals surface area contributed by atoms with Crippen LogP contribution in [0, 0.1) is 0 Å². The summed E-state index contributed by atoms with van der Waals surface area (Å²) in [5.74, 6) is 0.963. The molecular weight excluding hydrogens is 534 g/mol. The van der Waals surface area contributed by atoms with Gasteiger partial charge in [-0.05, 0) is 96.7 Å². The second kappa shape index (κ2) is 7.91. The predicted molar refractivity (Wildman–Crippen MR) is 185 cm³/mol. The first-order chi connectivity index (χ1) is 21.8. The number of nitrogens with zero attached hydrogens (tertiary/aromatic N) is 3. The molecule has 0 unspecified atom stereocenters. The first-order valence-electron chi connectivity index (χ1n) is 15.1. The highest BCUT2D eigenvalue weighted by atomic mass is 15.2. The zero-order valence-electron chi connectivity index (χ0n) is 23.6. The molecule has 11 aromatic rings. The van der Waals surface area contributed by atoms with Crippen molar-refractivity contribution in [2.24, 2.45) is 0 Å². The first kappa shape index (κ1) is 22.6. The molecule has 0 saturated heterocycles. The highest BCUT2D eigenvalue weighted by Crippen LogP contribution is 2.42. The minimum atomic E-state index is 0.963. The van der Waals surface area contributed by atoms with E-state index in [4.69, 9.17) is 4.98 Å². The number of fused-ring (bicyclic) bond motifs is 15. The van der Waals surface area contributed by atoms with Crippen LogP contribution >= 0.6 is 0 Å². The molecule has 0 aliphatic carbocycles. The fourth-order valence-corrected chi connectivity index (χ4v) is 7.84. The van der Waals surface area contributed by atoms with Crippen LogP contribution in [0.15, 0.2) is 140 Å². The van der Waals surface area contributed by atoms with Gasteiger partial charge in [-0.3, -0.25) is 8.80 Å². The van der Waals surface area contributed by atoms with E-state index in [2.05, 4.69) is 148 Å². The van der Waals surface area contributed by atoms with E-state index in [1.165, 1.54) is 81.5 Å². The molecule has 0 aliphatic rings. The average molecular weight is 558 g/mol. The van der Waals surface area contributed by atoms with Crippen LogP contribution in [0.3, 0.4) is 0 Å². The minimum absolute atomic E-state index is 0.963. The van der Waals surface area contributed by atoms with Crippen molar-refractivity contribution >= 4 is 87.2 Å². The Hall–Kier alpha value is -5.93. The van der Waals surface area contributed by atoms with Crippen molar-refractivity contribution in [2.45, 2.75) is 0 Å². The Kier molecular flexibility index (Phi) is 4.07. The van der Waals surface area contributed by atoms with Gasteiger partial charge in [-0.25, -0.2) is 4.98 Å². The van der Waals surface area contributed by atoms with Crippen LogP contribution < -0.4 is 0 Å². The van der Waals surface area contributed by atoms with Crippen LogP contribution in [-0.2, 0) is 0 Å². The Morgan fingerprint density at radius 1 is 0.364 bits per heavy atom. The fraction of sp³-hybridized carbons (Fsp3) is 0. The summed E-state index contributed by atoms with van der Waals surface area (Å²) in [4.78, 5) is 5.17. The Balaban J connectivity index is 1.31. The van der Waals surface area contributed by atoms with E-state index in [1.807, 2.05) is 0 Å².